The van der Waals surface area contributed by atoms with Crippen LogP contribution >= 0.6 is 0 Å². The second-order valence-corrected chi connectivity index (χ2v) is 5.31. The minimum atomic E-state index is -0.957. The lowest BCUT2D eigenvalue weighted by atomic mass is 10.1. The molecule has 0 bridgehead atoms. The standard InChI is InChI=1S/C15H16N4O2/c1-9(2)14-17-12-6-4-5-11(15(20)21)13(12)19(14)10-7-16-18(3)8-10/h4-9H,1-3H3,(H,20,21). The molecule has 0 aliphatic rings. The number of carboxylic acid groups (broad SMARTS) is 1. The number of aryl methyl sites for hydroxylation is 1. The van der Waals surface area contributed by atoms with Gasteiger partial charge in [0.05, 0.1) is 28.5 Å². The SMILES string of the molecule is CC(C)c1nc2cccc(C(=O)O)c2n1-c1cnn(C)c1. The number of aromatic carboxylic acids is 1. The van der Waals surface area contributed by atoms with Gasteiger partial charge in [0, 0.05) is 19.2 Å². The Kier molecular flexibility index (Phi) is 3.01. The van der Waals surface area contributed by atoms with Gasteiger partial charge in [-0.05, 0) is 12.1 Å². The third kappa shape index (κ3) is 2.08. The molecule has 1 N–H and O–H groups in total. The van der Waals surface area contributed by atoms with Crippen molar-refractivity contribution in [3.63, 3.8) is 0 Å². The van der Waals surface area contributed by atoms with E-state index in [4.69, 9.17) is 0 Å². The molecule has 2 aromatic heterocycles. The van der Waals surface area contributed by atoms with E-state index in [0.717, 1.165) is 11.5 Å². The fourth-order valence-electron chi connectivity index (χ4n) is 2.49. The van der Waals surface area contributed by atoms with Gasteiger partial charge in [0.15, 0.2) is 0 Å². The summed E-state index contributed by atoms with van der Waals surface area (Å²) in [5, 5.41) is 13.6. The number of rotatable bonds is 3. The van der Waals surface area contributed by atoms with E-state index >= 15 is 0 Å². The summed E-state index contributed by atoms with van der Waals surface area (Å²) in [5.41, 5.74) is 2.36. The lowest BCUT2D eigenvalue weighted by Gasteiger charge is -2.10. The van der Waals surface area contributed by atoms with Gasteiger partial charge in [0.1, 0.15) is 5.82 Å². The smallest absolute Gasteiger partial charge is 0.337 e. The van der Waals surface area contributed by atoms with Crippen molar-refractivity contribution in [2.24, 2.45) is 7.05 Å². The van der Waals surface area contributed by atoms with Crippen LogP contribution < -0.4 is 0 Å². The highest BCUT2D eigenvalue weighted by Crippen LogP contribution is 2.28. The van der Waals surface area contributed by atoms with Crippen molar-refractivity contribution in [1.29, 1.82) is 0 Å². The van der Waals surface area contributed by atoms with Crippen LogP contribution in [0.15, 0.2) is 30.6 Å². The van der Waals surface area contributed by atoms with E-state index in [1.54, 1.807) is 23.0 Å². The zero-order valence-corrected chi connectivity index (χ0v) is 12.1. The number of fused-ring (bicyclic) bond motifs is 1. The Morgan fingerprint density at radius 3 is 2.67 bits per heavy atom. The van der Waals surface area contributed by atoms with E-state index in [2.05, 4.69) is 10.1 Å². The van der Waals surface area contributed by atoms with Crippen LogP contribution in [0.4, 0.5) is 0 Å². The number of benzene rings is 1. The van der Waals surface area contributed by atoms with E-state index in [-0.39, 0.29) is 11.5 Å². The molecule has 0 spiro atoms. The van der Waals surface area contributed by atoms with Gasteiger partial charge in [0.25, 0.3) is 0 Å². The van der Waals surface area contributed by atoms with E-state index in [0.29, 0.717) is 11.0 Å². The average molecular weight is 284 g/mol. The van der Waals surface area contributed by atoms with Crippen LogP contribution in [0.1, 0.15) is 35.9 Å². The Morgan fingerprint density at radius 1 is 1.33 bits per heavy atom. The molecule has 0 aliphatic carbocycles. The number of carbonyl (C=O) groups is 1. The first kappa shape index (κ1) is 13.4. The molecule has 0 saturated heterocycles. The molecule has 2 heterocycles. The van der Waals surface area contributed by atoms with Crippen LogP contribution in [-0.4, -0.2) is 30.4 Å². The van der Waals surface area contributed by atoms with Crippen molar-refractivity contribution in [2.75, 3.05) is 0 Å². The Morgan fingerprint density at radius 2 is 2.10 bits per heavy atom. The lowest BCUT2D eigenvalue weighted by Crippen LogP contribution is -2.05. The molecule has 0 aliphatic heterocycles. The largest absolute Gasteiger partial charge is 0.478 e. The maximum absolute atomic E-state index is 11.5. The minimum Gasteiger partial charge on any atom is -0.478 e. The number of hydrogen-bond acceptors (Lipinski definition) is 3. The van der Waals surface area contributed by atoms with Crippen LogP contribution in [0, 0.1) is 0 Å². The summed E-state index contributed by atoms with van der Waals surface area (Å²) in [6.07, 6.45) is 3.57. The Labute approximate surface area is 121 Å². The van der Waals surface area contributed by atoms with Crippen molar-refractivity contribution < 1.29 is 9.90 Å². The zero-order valence-electron chi connectivity index (χ0n) is 12.1. The second-order valence-electron chi connectivity index (χ2n) is 5.31. The summed E-state index contributed by atoms with van der Waals surface area (Å²) in [7, 11) is 1.83. The highest BCUT2D eigenvalue weighted by Gasteiger charge is 2.20. The Bertz CT molecular complexity index is 829. The first-order valence-corrected chi connectivity index (χ1v) is 6.72. The molecule has 3 aromatic rings. The molecular weight excluding hydrogens is 268 g/mol. The van der Waals surface area contributed by atoms with Crippen molar-refractivity contribution >= 4 is 17.0 Å². The van der Waals surface area contributed by atoms with Crippen molar-refractivity contribution in [3.8, 4) is 5.69 Å². The lowest BCUT2D eigenvalue weighted by molar-refractivity contribution is 0.0698. The maximum atomic E-state index is 11.5. The van der Waals surface area contributed by atoms with Crippen molar-refractivity contribution in [1.82, 2.24) is 19.3 Å². The molecule has 1 aromatic carbocycles. The fourth-order valence-corrected chi connectivity index (χ4v) is 2.49. The normalized spacial score (nSPS) is 11.4. The Balaban J connectivity index is 2.43. The molecule has 0 radical (unpaired) electrons. The quantitative estimate of drug-likeness (QED) is 0.802. The molecule has 108 valence electrons. The summed E-state index contributed by atoms with van der Waals surface area (Å²) >= 11 is 0. The van der Waals surface area contributed by atoms with Crippen molar-refractivity contribution in [3.05, 3.63) is 42.0 Å². The van der Waals surface area contributed by atoms with E-state index in [1.807, 2.05) is 37.7 Å². The third-order valence-electron chi connectivity index (χ3n) is 3.40. The van der Waals surface area contributed by atoms with Gasteiger partial charge in [-0.2, -0.15) is 5.10 Å². The molecule has 0 unspecified atom stereocenters. The molecule has 21 heavy (non-hydrogen) atoms. The van der Waals surface area contributed by atoms with Gasteiger partial charge in [-0.15, -0.1) is 0 Å². The van der Waals surface area contributed by atoms with Crippen LogP contribution in [0.5, 0.6) is 0 Å². The first-order chi connectivity index (χ1) is 9.99. The summed E-state index contributed by atoms with van der Waals surface area (Å²) in [5.74, 6) is 0.0342. The van der Waals surface area contributed by atoms with Gasteiger partial charge in [-0.3, -0.25) is 9.25 Å². The predicted molar refractivity (Wildman–Crippen MR) is 78.9 cm³/mol. The van der Waals surface area contributed by atoms with Gasteiger partial charge < -0.3 is 5.11 Å². The van der Waals surface area contributed by atoms with E-state index < -0.39 is 5.97 Å². The molecular formula is C15H16N4O2. The minimum absolute atomic E-state index is 0.166. The monoisotopic (exact) mass is 284 g/mol. The molecule has 0 fully saturated rings. The van der Waals surface area contributed by atoms with Crippen LogP contribution in [0.3, 0.4) is 0 Å². The number of para-hydroxylation sites is 1. The zero-order chi connectivity index (χ0) is 15.1. The molecule has 6 heteroatoms. The number of nitrogens with zero attached hydrogens (tertiary/aromatic N) is 4. The molecule has 0 amide bonds. The highest BCUT2D eigenvalue weighted by atomic mass is 16.4. The number of carboxylic acids is 1. The second kappa shape index (κ2) is 4.73. The van der Waals surface area contributed by atoms with Gasteiger partial charge in [-0.25, -0.2) is 9.78 Å². The number of imidazole rings is 1. The topological polar surface area (TPSA) is 72.9 Å². The maximum Gasteiger partial charge on any atom is 0.337 e. The van der Waals surface area contributed by atoms with E-state index in [9.17, 15) is 9.90 Å². The number of aromatic nitrogens is 4. The van der Waals surface area contributed by atoms with E-state index in [1.165, 1.54) is 0 Å². The summed E-state index contributed by atoms with van der Waals surface area (Å²) in [6, 6.07) is 5.15. The molecule has 0 atom stereocenters. The van der Waals surface area contributed by atoms with Crippen LogP contribution in [0.25, 0.3) is 16.7 Å². The predicted octanol–water partition coefficient (Wildman–Crippen LogP) is 2.58. The van der Waals surface area contributed by atoms with Gasteiger partial charge in [0.2, 0.25) is 0 Å². The summed E-state index contributed by atoms with van der Waals surface area (Å²) in [6.45, 7) is 4.07. The third-order valence-corrected chi connectivity index (χ3v) is 3.40. The summed E-state index contributed by atoms with van der Waals surface area (Å²) < 4.78 is 3.57. The first-order valence-electron chi connectivity index (χ1n) is 6.72. The van der Waals surface area contributed by atoms with Gasteiger partial charge >= 0.3 is 5.97 Å². The Hall–Kier alpha value is -2.63. The van der Waals surface area contributed by atoms with Crippen LogP contribution in [-0.2, 0) is 7.05 Å². The highest BCUT2D eigenvalue weighted by molar-refractivity contribution is 6.01. The molecule has 0 saturated carbocycles. The fraction of sp³-hybridized carbons (Fsp3) is 0.267. The number of hydrogen-bond donors (Lipinski definition) is 1. The molecule has 3 rings (SSSR count). The average Bonchev–Trinajstić information content (AvgIpc) is 3.01. The van der Waals surface area contributed by atoms with Gasteiger partial charge in [-0.1, -0.05) is 19.9 Å². The molecule has 6 nitrogen and oxygen atoms in total. The van der Waals surface area contributed by atoms with Crippen LogP contribution in [0.2, 0.25) is 0 Å². The van der Waals surface area contributed by atoms with Crippen molar-refractivity contribution in [2.45, 2.75) is 19.8 Å². The summed E-state index contributed by atoms with van der Waals surface area (Å²) in [4.78, 5) is 16.1.